The zero-order valence-electron chi connectivity index (χ0n) is 28.2. The predicted molar refractivity (Wildman–Crippen MR) is 185 cm³/mol. The van der Waals surface area contributed by atoms with Crippen molar-refractivity contribution in [2.45, 2.75) is 162 Å². The molecule has 2 amide bonds. The van der Waals surface area contributed by atoms with E-state index in [1.807, 2.05) is 18.2 Å². The predicted octanol–water partition coefficient (Wildman–Crippen LogP) is 11.5. The molecule has 0 fully saturated rings. The molecule has 3 rings (SSSR count). The molecule has 0 unspecified atom stereocenters. The smallest absolute Gasteiger partial charge is 0.261 e. The van der Waals surface area contributed by atoms with Gasteiger partial charge in [-0.2, -0.15) is 0 Å². The lowest BCUT2D eigenvalue weighted by atomic mass is 9.90. The van der Waals surface area contributed by atoms with Gasteiger partial charge >= 0.3 is 0 Å². The van der Waals surface area contributed by atoms with Gasteiger partial charge in [0, 0.05) is 46.7 Å². The number of rotatable bonds is 24. The molecular weight excluding hydrogens is 528 g/mol. The second kappa shape index (κ2) is 19.8. The monoisotopic (exact) mass is 590 g/mol. The first-order chi connectivity index (χ1) is 21.1. The van der Waals surface area contributed by atoms with E-state index in [1.165, 1.54) is 103 Å². The number of carbonyl (C=O) groups excluding carboxylic acids is 2. The normalized spacial score (nSPS) is 13.1. The van der Waals surface area contributed by atoms with E-state index < -0.39 is 0 Å². The van der Waals surface area contributed by atoms with Crippen LogP contribution in [0.1, 0.15) is 177 Å². The third-order valence-electron chi connectivity index (χ3n) is 9.67. The molecular formula is C39H62N2O2. The van der Waals surface area contributed by atoms with Crippen LogP contribution in [0.3, 0.4) is 0 Å². The minimum absolute atomic E-state index is 0.0139. The summed E-state index contributed by atoms with van der Waals surface area (Å²) in [6, 6.07) is 10.1. The van der Waals surface area contributed by atoms with Gasteiger partial charge in [0.1, 0.15) is 0 Å². The average Bonchev–Trinajstić information content (AvgIpc) is 3.02. The molecule has 1 aliphatic heterocycles. The molecule has 0 atom stereocenters. The summed E-state index contributed by atoms with van der Waals surface area (Å²) >= 11 is 0. The number of hydrogen-bond donors (Lipinski definition) is 0. The molecule has 1 heterocycles. The van der Waals surface area contributed by atoms with E-state index in [-0.39, 0.29) is 17.9 Å². The zero-order valence-corrected chi connectivity index (χ0v) is 28.2. The number of anilines is 1. The fraction of sp³-hybridized carbons (Fsp3) is 0.692. The number of amides is 2. The summed E-state index contributed by atoms with van der Waals surface area (Å²) < 4.78 is 0. The highest BCUT2D eigenvalue weighted by Crippen LogP contribution is 2.37. The number of hydrogen-bond acceptors (Lipinski definition) is 3. The van der Waals surface area contributed by atoms with Crippen molar-refractivity contribution in [1.29, 1.82) is 0 Å². The molecule has 2 aromatic rings. The summed E-state index contributed by atoms with van der Waals surface area (Å²) in [5, 5.41) is 1.87. The lowest BCUT2D eigenvalue weighted by molar-refractivity contribution is 0.0517. The van der Waals surface area contributed by atoms with Crippen molar-refractivity contribution in [1.82, 2.24) is 4.90 Å². The van der Waals surface area contributed by atoms with Gasteiger partial charge in [0.05, 0.1) is 0 Å². The largest absolute Gasteiger partial charge is 0.372 e. The van der Waals surface area contributed by atoms with Crippen LogP contribution in [0, 0.1) is 0 Å². The van der Waals surface area contributed by atoms with Crippen LogP contribution in [0.5, 0.6) is 0 Å². The van der Waals surface area contributed by atoms with E-state index in [4.69, 9.17) is 0 Å². The van der Waals surface area contributed by atoms with Gasteiger partial charge in [-0.05, 0) is 44.9 Å². The highest BCUT2D eigenvalue weighted by Gasteiger charge is 2.37. The van der Waals surface area contributed by atoms with Crippen LogP contribution in [0.2, 0.25) is 0 Å². The third-order valence-corrected chi connectivity index (χ3v) is 9.67. The van der Waals surface area contributed by atoms with Gasteiger partial charge in [0.15, 0.2) is 0 Å². The van der Waals surface area contributed by atoms with Crippen molar-refractivity contribution in [2.75, 3.05) is 18.0 Å². The minimum atomic E-state index is -0.0864. The Morgan fingerprint density at radius 2 is 1.00 bits per heavy atom. The first-order valence-electron chi connectivity index (χ1n) is 18.3. The van der Waals surface area contributed by atoms with Crippen molar-refractivity contribution in [3.63, 3.8) is 0 Å². The topological polar surface area (TPSA) is 40.6 Å². The summed E-state index contributed by atoms with van der Waals surface area (Å²) in [4.78, 5) is 32.2. The molecule has 240 valence electrons. The van der Waals surface area contributed by atoms with Crippen LogP contribution in [-0.2, 0) is 0 Å². The van der Waals surface area contributed by atoms with Gasteiger partial charge in [-0.1, -0.05) is 142 Å². The van der Waals surface area contributed by atoms with Gasteiger partial charge in [0.25, 0.3) is 11.8 Å². The highest BCUT2D eigenvalue weighted by molar-refractivity contribution is 6.27. The molecule has 0 bridgehead atoms. The number of imide groups is 1. The molecule has 0 N–H and O–H groups in total. The van der Waals surface area contributed by atoms with Crippen LogP contribution < -0.4 is 4.90 Å². The van der Waals surface area contributed by atoms with Crippen LogP contribution in [0.4, 0.5) is 5.69 Å². The average molecular weight is 591 g/mol. The van der Waals surface area contributed by atoms with Crippen molar-refractivity contribution in [3.05, 3.63) is 41.5 Å². The molecule has 43 heavy (non-hydrogen) atoms. The summed E-state index contributed by atoms with van der Waals surface area (Å²) in [7, 11) is 0. The quantitative estimate of drug-likeness (QED) is 0.0902. The summed E-state index contributed by atoms with van der Waals surface area (Å²) in [6.45, 7) is 10.6. The molecule has 4 heteroatoms. The molecule has 2 aromatic carbocycles. The van der Waals surface area contributed by atoms with Gasteiger partial charge in [-0.3, -0.25) is 14.5 Å². The fourth-order valence-electron chi connectivity index (χ4n) is 7.05. The molecule has 0 radical (unpaired) electrons. The molecule has 0 saturated carbocycles. The van der Waals surface area contributed by atoms with Gasteiger partial charge in [-0.15, -0.1) is 0 Å². The molecule has 0 spiro atoms. The number of benzene rings is 2. The number of unbranched alkanes of at least 4 members (excludes halogenated alkanes) is 16. The van der Waals surface area contributed by atoms with Crippen LogP contribution >= 0.6 is 0 Å². The Bertz CT molecular complexity index is 1060. The Balaban J connectivity index is 1.68. The SMILES string of the molecule is CCCCCCCCCCCC(CCCCCCCCCCC)N1C(=O)c2cccc3c(N(CC)CC)ccc(c23)C1=O. The lowest BCUT2D eigenvalue weighted by Gasteiger charge is -2.35. The highest BCUT2D eigenvalue weighted by atomic mass is 16.2. The maximum Gasteiger partial charge on any atom is 0.261 e. The van der Waals surface area contributed by atoms with E-state index in [1.54, 1.807) is 4.90 Å². The first-order valence-corrected chi connectivity index (χ1v) is 18.3. The molecule has 1 aliphatic rings. The Hall–Kier alpha value is -2.36. The van der Waals surface area contributed by atoms with Crippen molar-refractivity contribution in [2.24, 2.45) is 0 Å². The Morgan fingerprint density at radius 3 is 1.47 bits per heavy atom. The second-order valence-corrected chi connectivity index (χ2v) is 12.9. The van der Waals surface area contributed by atoms with Gasteiger partial charge in [-0.25, -0.2) is 0 Å². The van der Waals surface area contributed by atoms with Crippen LogP contribution in [0.25, 0.3) is 10.8 Å². The first kappa shape index (κ1) is 35.1. The van der Waals surface area contributed by atoms with Gasteiger partial charge < -0.3 is 4.90 Å². The fourth-order valence-corrected chi connectivity index (χ4v) is 7.05. The van der Waals surface area contributed by atoms with Crippen LogP contribution in [0.15, 0.2) is 30.3 Å². The zero-order chi connectivity index (χ0) is 30.9. The standard InChI is InChI=1S/C39H62N2O2/c1-5-9-11-13-15-17-19-21-23-26-32(27-24-22-20-18-16-14-12-10-6-2)41-38(42)34-29-25-28-33-36(40(7-3)8-4)31-30-35(37(33)34)39(41)43/h25,28-32H,5-24,26-27H2,1-4H3. The van der Waals surface area contributed by atoms with Crippen molar-refractivity contribution in [3.8, 4) is 0 Å². The molecule has 0 aromatic heterocycles. The van der Waals surface area contributed by atoms with E-state index in [2.05, 4.69) is 44.7 Å². The summed E-state index contributed by atoms with van der Waals surface area (Å²) in [6.07, 6.45) is 24.9. The second-order valence-electron chi connectivity index (χ2n) is 12.9. The van der Waals surface area contributed by atoms with Crippen LogP contribution in [-0.4, -0.2) is 35.8 Å². The summed E-state index contributed by atoms with van der Waals surface area (Å²) in [5.74, 6) is -0.173. The van der Waals surface area contributed by atoms with E-state index in [0.29, 0.717) is 11.1 Å². The Morgan fingerprint density at radius 1 is 0.558 bits per heavy atom. The Labute approximate surface area is 264 Å². The van der Waals surface area contributed by atoms with Crippen molar-refractivity contribution >= 4 is 28.3 Å². The maximum absolute atomic E-state index is 14.1. The minimum Gasteiger partial charge on any atom is -0.372 e. The molecule has 0 saturated heterocycles. The van der Waals surface area contributed by atoms with E-state index in [0.717, 1.165) is 55.2 Å². The van der Waals surface area contributed by atoms with E-state index in [9.17, 15) is 9.59 Å². The van der Waals surface area contributed by atoms with Gasteiger partial charge in [0.2, 0.25) is 0 Å². The number of carbonyl (C=O) groups is 2. The lowest BCUT2D eigenvalue weighted by Crippen LogP contribution is -2.47. The van der Waals surface area contributed by atoms with E-state index >= 15 is 0 Å². The van der Waals surface area contributed by atoms with Crippen molar-refractivity contribution < 1.29 is 9.59 Å². The summed E-state index contributed by atoms with van der Waals surface area (Å²) in [5.41, 5.74) is 2.51. The molecule has 4 nitrogen and oxygen atoms in total. The molecule has 0 aliphatic carbocycles. The third kappa shape index (κ3) is 10.1. The maximum atomic E-state index is 14.1. The number of nitrogens with zero attached hydrogens (tertiary/aromatic N) is 2. The Kier molecular flexibility index (Phi) is 16.2.